The zero-order chi connectivity index (χ0) is 11.2. The molecule has 2 atom stereocenters. The van der Waals surface area contributed by atoms with Crippen molar-refractivity contribution in [2.75, 3.05) is 5.75 Å². The SMILES string of the molecule is C=CC1=C(C(=O)O)N2C(=O)C(N)[C@@H]2SC1. The van der Waals surface area contributed by atoms with Gasteiger partial charge in [0.25, 0.3) is 0 Å². The maximum atomic E-state index is 11.4. The average Bonchev–Trinajstić information content (AvgIpc) is 2.25. The van der Waals surface area contributed by atoms with Crippen LogP contribution in [0.5, 0.6) is 0 Å². The first-order valence-corrected chi connectivity index (χ1v) is 5.42. The number of amides is 1. The molecular formula is C9H10N2O3S. The maximum absolute atomic E-state index is 11.4. The first-order valence-electron chi connectivity index (χ1n) is 4.37. The summed E-state index contributed by atoms with van der Waals surface area (Å²) in [6, 6.07) is -0.573. The van der Waals surface area contributed by atoms with E-state index in [2.05, 4.69) is 6.58 Å². The standard InChI is InChI=1S/C9H10N2O3S/c1-2-4-3-15-8-5(10)7(12)11(8)6(4)9(13)14/h2,5,8H,1,3,10H2,(H,13,14)/t5?,8-/m0/s1. The lowest BCUT2D eigenvalue weighted by Gasteiger charge is -2.47. The average molecular weight is 226 g/mol. The Morgan fingerprint density at radius 3 is 2.93 bits per heavy atom. The van der Waals surface area contributed by atoms with Crippen molar-refractivity contribution in [3.05, 3.63) is 23.9 Å². The fourth-order valence-electron chi connectivity index (χ4n) is 1.70. The number of carbonyl (C=O) groups is 2. The number of nitrogens with two attached hydrogens (primary N) is 1. The van der Waals surface area contributed by atoms with E-state index in [1.54, 1.807) is 0 Å². The fraction of sp³-hybridized carbons (Fsp3) is 0.333. The summed E-state index contributed by atoms with van der Waals surface area (Å²) >= 11 is 1.47. The van der Waals surface area contributed by atoms with Crippen molar-refractivity contribution < 1.29 is 14.7 Å². The number of hydrogen-bond acceptors (Lipinski definition) is 4. The van der Waals surface area contributed by atoms with Crippen LogP contribution in [0.3, 0.4) is 0 Å². The zero-order valence-corrected chi connectivity index (χ0v) is 8.66. The summed E-state index contributed by atoms with van der Waals surface area (Å²) in [7, 11) is 0. The van der Waals surface area contributed by atoms with Crippen LogP contribution in [0, 0.1) is 0 Å². The van der Waals surface area contributed by atoms with Crippen LogP contribution in [0.15, 0.2) is 23.9 Å². The second-order valence-electron chi connectivity index (χ2n) is 3.32. The fourth-order valence-corrected chi connectivity index (χ4v) is 2.98. The van der Waals surface area contributed by atoms with Crippen LogP contribution in [0.2, 0.25) is 0 Å². The third kappa shape index (κ3) is 1.29. The minimum Gasteiger partial charge on any atom is -0.477 e. The summed E-state index contributed by atoms with van der Waals surface area (Å²) < 4.78 is 0. The number of fused-ring (bicyclic) bond motifs is 1. The molecule has 0 saturated carbocycles. The highest BCUT2D eigenvalue weighted by Gasteiger charge is 2.51. The molecule has 1 amide bonds. The third-order valence-corrected chi connectivity index (χ3v) is 3.81. The zero-order valence-electron chi connectivity index (χ0n) is 7.84. The Labute approximate surface area is 90.6 Å². The van der Waals surface area contributed by atoms with Crippen molar-refractivity contribution >= 4 is 23.6 Å². The molecule has 1 saturated heterocycles. The van der Waals surface area contributed by atoms with E-state index in [0.29, 0.717) is 11.3 Å². The van der Waals surface area contributed by atoms with E-state index in [4.69, 9.17) is 10.8 Å². The molecule has 1 fully saturated rings. The molecule has 15 heavy (non-hydrogen) atoms. The molecular weight excluding hydrogens is 216 g/mol. The van der Waals surface area contributed by atoms with Crippen LogP contribution in [-0.2, 0) is 9.59 Å². The highest BCUT2D eigenvalue weighted by atomic mass is 32.2. The Morgan fingerprint density at radius 2 is 2.40 bits per heavy atom. The summed E-state index contributed by atoms with van der Waals surface area (Å²) in [6.07, 6.45) is 1.48. The summed E-state index contributed by atoms with van der Waals surface area (Å²) in [5.41, 5.74) is 6.17. The van der Waals surface area contributed by atoms with Crippen molar-refractivity contribution in [3.8, 4) is 0 Å². The second-order valence-corrected chi connectivity index (χ2v) is 4.42. The van der Waals surface area contributed by atoms with Crippen LogP contribution in [0.4, 0.5) is 0 Å². The van der Waals surface area contributed by atoms with Crippen molar-refractivity contribution in [2.45, 2.75) is 11.4 Å². The number of carboxylic acids is 1. The number of thioether (sulfide) groups is 1. The summed E-state index contributed by atoms with van der Waals surface area (Å²) in [5, 5.41) is 8.79. The van der Waals surface area contributed by atoms with Crippen molar-refractivity contribution in [1.29, 1.82) is 0 Å². The van der Waals surface area contributed by atoms with Gasteiger partial charge in [-0.25, -0.2) is 4.79 Å². The lowest BCUT2D eigenvalue weighted by Crippen LogP contribution is -2.68. The first-order chi connectivity index (χ1) is 7.07. The van der Waals surface area contributed by atoms with Crippen LogP contribution < -0.4 is 5.73 Å². The Hall–Kier alpha value is -1.27. The smallest absolute Gasteiger partial charge is 0.352 e. The normalized spacial score (nSPS) is 29.7. The van der Waals surface area contributed by atoms with E-state index in [0.717, 1.165) is 0 Å². The van der Waals surface area contributed by atoms with E-state index in [9.17, 15) is 9.59 Å². The number of carbonyl (C=O) groups excluding carboxylic acids is 1. The molecule has 80 valence electrons. The molecule has 0 aliphatic carbocycles. The van der Waals surface area contributed by atoms with Gasteiger partial charge in [0.1, 0.15) is 17.1 Å². The predicted molar refractivity (Wildman–Crippen MR) is 55.9 cm³/mol. The van der Waals surface area contributed by atoms with Gasteiger partial charge < -0.3 is 10.8 Å². The van der Waals surface area contributed by atoms with Crippen LogP contribution in [-0.4, -0.2) is 39.1 Å². The molecule has 2 rings (SSSR count). The Balaban J connectivity index is 2.42. The van der Waals surface area contributed by atoms with Gasteiger partial charge >= 0.3 is 5.97 Å². The van der Waals surface area contributed by atoms with Crippen LogP contribution in [0.25, 0.3) is 0 Å². The van der Waals surface area contributed by atoms with Gasteiger partial charge in [-0.2, -0.15) is 0 Å². The second kappa shape index (κ2) is 3.39. The van der Waals surface area contributed by atoms with E-state index in [1.807, 2.05) is 0 Å². The van der Waals surface area contributed by atoms with Gasteiger partial charge in [0, 0.05) is 5.75 Å². The van der Waals surface area contributed by atoms with E-state index >= 15 is 0 Å². The minimum atomic E-state index is -1.10. The number of β-lactam (4-membered cyclic amide) rings is 1. The van der Waals surface area contributed by atoms with Gasteiger partial charge in [-0.05, 0) is 5.57 Å². The van der Waals surface area contributed by atoms with Crippen LogP contribution in [0.1, 0.15) is 0 Å². The third-order valence-electron chi connectivity index (χ3n) is 2.49. The van der Waals surface area contributed by atoms with Crippen LogP contribution >= 0.6 is 11.8 Å². The van der Waals surface area contributed by atoms with Gasteiger partial charge in [-0.1, -0.05) is 12.7 Å². The predicted octanol–water partition coefficient (Wildman–Crippen LogP) is -0.246. The molecule has 0 aromatic rings. The quantitative estimate of drug-likeness (QED) is 0.634. The van der Waals surface area contributed by atoms with Gasteiger partial charge in [0.05, 0.1) is 0 Å². The lowest BCUT2D eigenvalue weighted by molar-refractivity contribution is -0.147. The van der Waals surface area contributed by atoms with Crippen molar-refractivity contribution in [3.63, 3.8) is 0 Å². The van der Waals surface area contributed by atoms with Gasteiger partial charge in [0.2, 0.25) is 5.91 Å². The van der Waals surface area contributed by atoms with E-state index in [1.165, 1.54) is 22.7 Å². The molecule has 6 heteroatoms. The molecule has 2 heterocycles. The van der Waals surface area contributed by atoms with E-state index in [-0.39, 0.29) is 17.0 Å². The molecule has 2 aliphatic rings. The summed E-state index contributed by atoms with van der Waals surface area (Å²) in [4.78, 5) is 23.7. The monoisotopic (exact) mass is 226 g/mol. The number of carboxylic acid groups (broad SMARTS) is 1. The van der Waals surface area contributed by atoms with Crippen molar-refractivity contribution in [2.24, 2.45) is 5.73 Å². The van der Waals surface area contributed by atoms with Gasteiger partial charge in [-0.3, -0.25) is 9.69 Å². The number of nitrogens with zero attached hydrogens (tertiary/aromatic N) is 1. The molecule has 0 radical (unpaired) electrons. The molecule has 2 aliphatic heterocycles. The number of aliphatic carboxylic acids is 1. The lowest BCUT2D eigenvalue weighted by atomic mass is 10.0. The molecule has 0 aromatic carbocycles. The van der Waals surface area contributed by atoms with Crippen molar-refractivity contribution in [1.82, 2.24) is 4.90 Å². The molecule has 3 N–H and O–H groups in total. The minimum absolute atomic E-state index is 0.0282. The summed E-state index contributed by atoms with van der Waals surface area (Å²) in [6.45, 7) is 3.54. The molecule has 0 bridgehead atoms. The number of rotatable bonds is 2. The maximum Gasteiger partial charge on any atom is 0.352 e. The Morgan fingerprint density at radius 1 is 1.73 bits per heavy atom. The topological polar surface area (TPSA) is 83.6 Å². The molecule has 0 spiro atoms. The summed E-state index contributed by atoms with van der Waals surface area (Å²) in [5.74, 6) is -0.896. The molecule has 1 unspecified atom stereocenters. The molecule has 5 nitrogen and oxygen atoms in total. The molecule has 0 aromatic heterocycles. The largest absolute Gasteiger partial charge is 0.477 e. The highest BCUT2D eigenvalue weighted by Crippen LogP contribution is 2.39. The Kier molecular flexibility index (Phi) is 2.32. The Bertz CT molecular complexity index is 391. The highest BCUT2D eigenvalue weighted by molar-refractivity contribution is 8.00. The first kappa shape index (κ1) is 10.3. The van der Waals surface area contributed by atoms with E-state index < -0.39 is 12.0 Å². The van der Waals surface area contributed by atoms with Gasteiger partial charge in [0.15, 0.2) is 0 Å². The van der Waals surface area contributed by atoms with Gasteiger partial charge in [-0.15, -0.1) is 11.8 Å². The number of allylic oxidation sites excluding steroid dienone is 1. The number of hydrogen-bond donors (Lipinski definition) is 2.